The molecule has 0 spiro atoms. The van der Waals surface area contributed by atoms with Crippen molar-refractivity contribution in [3.05, 3.63) is 12.7 Å². The minimum atomic E-state index is 0.0817. The Morgan fingerprint density at radius 1 is 1.85 bits per heavy atom. The smallest absolute Gasteiger partial charge is 0.224 e. The zero-order chi connectivity index (χ0) is 9.84. The molecule has 0 saturated carbocycles. The maximum atomic E-state index is 11.3. The first-order chi connectivity index (χ1) is 6.13. The van der Waals surface area contributed by atoms with Crippen LogP contribution in [0.2, 0.25) is 0 Å². The molecule has 0 aromatic carbocycles. The average Bonchev–Trinajstić information content (AvgIpc) is 2.31. The van der Waals surface area contributed by atoms with Crippen LogP contribution in [0, 0.1) is 0 Å². The van der Waals surface area contributed by atoms with E-state index in [9.17, 15) is 9.59 Å². The molecule has 72 valence electrons. The summed E-state index contributed by atoms with van der Waals surface area (Å²) in [6.45, 7) is 6.38. The van der Waals surface area contributed by atoms with Crippen LogP contribution >= 0.6 is 11.8 Å². The van der Waals surface area contributed by atoms with E-state index in [-0.39, 0.29) is 16.3 Å². The molecule has 0 aromatic heterocycles. The maximum absolute atomic E-state index is 11.3. The highest BCUT2D eigenvalue weighted by Crippen LogP contribution is 2.23. The third-order valence-electron chi connectivity index (χ3n) is 1.86. The summed E-state index contributed by atoms with van der Waals surface area (Å²) in [5.74, 6) is 0.124. The van der Waals surface area contributed by atoms with Crippen LogP contribution in [0.5, 0.6) is 0 Å². The molecule has 1 unspecified atom stereocenters. The highest BCUT2D eigenvalue weighted by atomic mass is 32.2. The van der Waals surface area contributed by atoms with Gasteiger partial charge in [0.1, 0.15) is 0 Å². The minimum Gasteiger partial charge on any atom is -0.338 e. The van der Waals surface area contributed by atoms with Crippen LogP contribution in [-0.2, 0) is 9.59 Å². The van der Waals surface area contributed by atoms with E-state index in [0.29, 0.717) is 19.5 Å². The number of likely N-dealkylation sites (tertiary alicyclic amines) is 1. The zero-order valence-electron chi connectivity index (χ0n) is 7.66. The molecular weight excluding hydrogens is 186 g/mol. The van der Waals surface area contributed by atoms with Gasteiger partial charge in [-0.3, -0.25) is 9.59 Å². The van der Waals surface area contributed by atoms with E-state index in [0.717, 1.165) is 0 Å². The second-order valence-electron chi connectivity index (χ2n) is 3.02. The van der Waals surface area contributed by atoms with Crippen LogP contribution < -0.4 is 0 Å². The third-order valence-corrected chi connectivity index (χ3v) is 2.84. The molecule has 1 saturated heterocycles. The van der Waals surface area contributed by atoms with Crippen LogP contribution in [0.3, 0.4) is 0 Å². The monoisotopic (exact) mass is 199 g/mol. The van der Waals surface area contributed by atoms with Gasteiger partial charge in [0.15, 0.2) is 5.12 Å². The van der Waals surface area contributed by atoms with Crippen molar-refractivity contribution < 1.29 is 9.59 Å². The SMILES string of the molecule is C=CCN1CC(SC(C)=O)CC1=O. The van der Waals surface area contributed by atoms with Gasteiger partial charge in [0, 0.05) is 31.7 Å². The Labute approximate surface area is 82.2 Å². The first-order valence-electron chi connectivity index (χ1n) is 4.19. The van der Waals surface area contributed by atoms with Gasteiger partial charge in [-0.15, -0.1) is 6.58 Å². The largest absolute Gasteiger partial charge is 0.338 e. The van der Waals surface area contributed by atoms with Crippen molar-refractivity contribution in [2.75, 3.05) is 13.1 Å². The topological polar surface area (TPSA) is 37.4 Å². The lowest BCUT2D eigenvalue weighted by molar-refractivity contribution is -0.127. The van der Waals surface area contributed by atoms with Crippen molar-refractivity contribution in [1.29, 1.82) is 0 Å². The molecule has 0 aromatic rings. The first kappa shape index (κ1) is 10.3. The summed E-state index contributed by atoms with van der Waals surface area (Å²) in [5.41, 5.74) is 0. The molecule has 1 atom stereocenters. The molecule has 1 aliphatic heterocycles. The lowest BCUT2D eigenvalue weighted by Gasteiger charge is -2.12. The molecule has 0 aliphatic carbocycles. The summed E-state index contributed by atoms with van der Waals surface area (Å²) in [6, 6.07) is 0. The van der Waals surface area contributed by atoms with Gasteiger partial charge in [-0.25, -0.2) is 0 Å². The fourth-order valence-corrected chi connectivity index (χ4v) is 2.33. The fraction of sp³-hybridized carbons (Fsp3) is 0.556. The Bertz CT molecular complexity index is 240. The molecule has 1 fully saturated rings. The summed E-state index contributed by atoms with van der Waals surface area (Å²) < 4.78 is 0. The Hall–Kier alpha value is -0.770. The van der Waals surface area contributed by atoms with Gasteiger partial charge >= 0.3 is 0 Å². The Morgan fingerprint density at radius 2 is 2.54 bits per heavy atom. The predicted octanol–water partition coefficient (Wildman–Crippen LogP) is 1.05. The highest BCUT2D eigenvalue weighted by Gasteiger charge is 2.29. The van der Waals surface area contributed by atoms with Crippen molar-refractivity contribution in [2.45, 2.75) is 18.6 Å². The van der Waals surface area contributed by atoms with E-state index in [1.165, 1.54) is 18.7 Å². The molecule has 0 N–H and O–H groups in total. The van der Waals surface area contributed by atoms with Crippen molar-refractivity contribution in [1.82, 2.24) is 4.90 Å². The summed E-state index contributed by atoms with van der Waals surface area (Å²) in [6.07, 6.45) is 2.19. The van der Waals surface area contributed by atoms with Gasteiger partial charge in [-0.05, 0) is 0 Å². The van der Waals surface area contributed by atoms with E-state index in [2.05, 4.69) is 6.58 Å². The van der Waals surface area contributed by atoms with E-state index in [4.69, 9.17) is 0 Å². The summed E-state index contributed by atoms with van der Waals surface area (Å²) in [7, 11) is 0. The van der Waals surface area contributed by atoms with Crippen LogP contribution in [-0.4, -0.2) is 34.3 Å². The Balaban J connectivity index is 2.44. The van der Waals surface area contributed by atoms with Gasteiger partial charge in [0.25, 0.3) is 0 Å². The molecular formula is C9H13NO2S. The van der Waals surface area contributed by atoms with Gasteiger partial charge < -0.3 is 4.90 Å². The summed E-state index contributed by atoms with van der Waals surface area (Å²) in [5, 5.41) is 0.225. The van der Waals surface area contributed by atoms with Crippen LogP contribution in [0.15, 0.2) is 12.7 Å². The van der Waals surface area contributed by atoms with E-state index < -0.39 is 0 Å². The van der Waals surface area contributed by atoms with Crippen molar-refractivity contribution in [2.24, 2.45) is 0 Å². The summed E-state index contributed by atoms with van der Waals surface area (Å²) in [4.78, 5) is 23.8. The zero-order valence-corrected chi connectivity index (χ0v) is 8.47. The average molecular weight is 199 g/mol. The second-order valence-corrected chi connectivity index (χ2v) is 4.50. The minimum absolute atomic E-state index is 0.0817. The molecule has 1 amide bonds. The van der Waals surface area contributed by atoms with Gasteiger partial charge in [-0.2, -0.15) is 0 Å². The molecule has 3 nitrogen and oxygen atoms in total. The number of hydrogen-bond acceptors (Lipinski definition) is 3. The fourth-order valence-electron chi connectivity index (χ4n) is 1.38. The van der Waals surface area contributed by atoms with Crippen molar-refractivity contribution in [3.63, 3.8) is 0 Å². The molecule has 0 radical (unpaired) electrons. The van der Waals surface area contributed by atoms with Crippen LogP contribution in [0.4, 0.5) is 0 Å². The van der Waals surface area contributed by atoms with E-state index in [1.54, 1.807) is 11.0 Å². The molecule has 13 heavy (non-hydrogen) atoms. The number of rotatable bonds is 3. The molecule has 1 rings (SSSR count). The Morgan fingerprint density at radius 3 is 3.08 bits per heavy atom. The van der Waals surface area contributed by atoms with Crippen molar-refractivity contribution in [3.8, 4) is 0 Å². The standard InChI is InChI=1S/C9H13NO2S/c1-3-4-10-6-8(5-9(10)12)13-7(2)11/h3,8H,1,4-6H2,2H3. The predicted molar refractivity (Wildman–Crippen MR) is 53.5 cm³/mol. The molecule has 4 heteroatoms. The highest BCUT2D eigenvalue weighted by molar-refractivity contribution is 8.14. The lowest BCUT2D eigenvalue weighted by atomic mass is 10.4. The van der Waals surface area contributed by atoms with Gasteiger partial charge in [0.2, 0.25) is 5.91 Å². The van der Waals surface area contributed by atoms with E-state index in [1.807, 2.05) is 0 Å². The van der Waals surface area contributed by atoms with Crippen molar-refractivity contribution >= 4 is 22.8 Å². The first-order valence-corrected chi connectivity index (χ1v) is 5.07. The Kier molecular flexibility index (Phi) is 3.54. The number of carbonyl (C=O) groups is 2. The van der Waals surface area contributed by atoms with E-state index >= 15 is 0 Å². The van der Waals surface area contributed by atoms with Gasteiger partial charge in [-0.1, -0.05) is 17.8 Å². The second kappa shape index (κ2) is 4.46. The maximum Gasteiger partial charge on any atom is 0.224 e. The normalized spacial score (nSPS) is 22.1. The third kappa shape index (κ3) is 2.88. The van der Waals surface area contributed by atoms with Crippen LogP contribution in [0.1, 0.15) is 13.3 Å². The number of hydrogen-bond donors (Lipinski definition) is 0. The number of amides is 1. The lowest BCUT2D eigenvalue weighted by Crippen LogP contribution is -2.25. The quantitative estimate of drug-likeness (QED) is 0.638. The summed E-state index contributed by atoms with van der Waals surface area (Å²) >= 11 is 1.26. The molecule has 1 aliphatic rings. The van der Waals surface area contributed by atoms with Gasteiger partial charge in [0.05, 0.1) is 0 Å². The molecule has 0 bridgehead atoms. The molecule has 1 heterocycles. The number of thioether (sulfide) groups is 1. The van der Waals surface area contributed by atoms with Crippen LogP contribution in [0.25, 0.3) is 0 Å². The number of carbonyl (C=O) groups excluding carboxylic acids is 2. The number of nitrogens with zero attached hydrogens (tertiary/aromatic N) is 1.